The SMILES string of the molecule is CCCCCN(C=O)c1ccc(N2CCc3c(C(N)=O)nn(-c4ccc(OC)cc4)c3C2=O)cc1. The predicted molar refractivity (Wildman–Crippen MR) is 133 cm³/mol. The Morgan fingerprint density at radius 1 is 1.11 bits per heavy atom. The van der Waals surface area contributed by atoms with Crippen molar-refractivity contribution in [3.63, 3.8) is 0 Å². The molecule has 4 rings (SSSR count). The Balaban J connectivity index is 1.65. The van der Waals surface area contributed by atoms with Gasteiger partial charge in [-0.2, -0.15) is 5.10 Å². The topological polar surface area (TPSA) is 111 Å². The Kier molecular flexibility index (Phi) is 7.14. The van der Waals surface area contributed by atoms with Crippen LogP contribution < -0.4 is 20.3 Å². The van der Waals surface area contributed by atoms with Crippen LogP contribution in [0.4, 0.5) is 11.4 Å². The van der Waals surface area contributed by atoms with Crippen LogP contribution in [0.15, 0.2) is 48.5 Å². The predicted octanol–water partition coefficient (Wildman–Crippen LogP) is 3.34. The summed E-state index contributed by atoms with van der Waals surface area (Å²) in [4.78, 5) is 40.6. The van der Waals surface area contributed by atoms with Crippen LogP contribution in [0.1, 0.15) is 52.7 Å². The Morgan fingerprint density at radius 2 is 1.80 bits per heavy atom. The van der Waals surface area contributed by atoms with Crippen LogP contribution >= 0.6 is 0 Å². The van der Waals surface area contributed by atoms with Crippen molar-refractivity contribution >= 4 is 29.6 Å². The standard InChI is InChI=1S/C26H29N5O4/c1-3-4-5-15-29(17-32)18-6-8-19(9-7-18)30-16-14-22-23(25(27)33)28-31(24(22)26(30)34)20-10-12-21(35-2)13-11-20/h6-13,17H,3-5,14-16H2,1-2H3,(H2,27,33). The van der Waals surface area contributed by atoms with Crippen LogP contribution in [0.2, 0.25) is 0 Å². The molecule has 0 unspecified atom stereocenters. The highest BCUT2D eigenvalue weighted by atomic mass is 16.5. The van der Waals surface area contributed by atoms with E-state index < -0.39 is 5.91 Å². The number of benzene rings is 2. The lowest BCUT2D eigenvalue weighted by Gasteiger charge is -2.28. The van der Waals surface area contributed by atoms with E-state index in [1.807, 2.05) is 24.3 Å². The molecular weight excluding hydrogens is 446 g/mol. The molecule has 1 aliphatic heterocycles. The van der Waals surface area contributed by atoms with E-state index in [0.29, 0.717) is 47.9 Å². The normalized spacial score (nSPS) is 12.9. The number of methoxy groups -OCH3 is 1. The van der Waals surface area contributed by atoms with Gasteiger partial charge in [-0.25, -0.2) is 4.68 Å². The first kappa shape index (κ1) is 24.0. The second-order valence-electron chi connectivity index (χ2n) is 8.38. The number of aromatic nitrogens is 2. The fraction of sp³-hybridized carbons (Fsp3) is 0.308. The molecule has 0 bridgehead atoms. The molecular formula is C26H29N5O4. The van der Waals surface area contributed by atoms with E-state index in [0.717, 1.165) is 31.4 Å². The summed E-state index contributed by atoms with van der Waals surface area (Å²) in [6.07, 6.45) is 4.34. The van der Waals surface area contributed by atoms with Gasteiger partial charge < -0.3 is 20.3 Å². The van der Waals surface area contributed by atoms with Crippen molar-refractivity contribution in [2.75, 3.05) is 30.0 Å². The minimum absolute atomic E-state index is 0.105. The summed E-state index contributed by atoms with van der Waals surface area (Å²) in [7, 11) is 1.57. The van der Waals surface area contributed by atoms with Crippen molar-refractivity contribution in [2.45, 2.75) is 32.6 Å². The quantitative estimate of drug-likeness (QED) is 0.357. The second-order valence-corrected chi connectivity index (χ2v) is 8.38. The lowest BCUT2D eigenvalue weighted by Crippen LogP contribution is -2.39. The Labute approximate surface area is 204 Å². The number of nitrogens with zero attached hydrogens (tertiary/aromatic N) is 4. The summed E-state index contributed by atoms with van der Waals surface area (Å²) >= 11 is 0. The number of rotatable bonds is 10. The molecule has 0 spiro atoms. The molecule has 1 aromatic heterocycles. The van der Waals surface area contributed by atoms with Crippen LogP contribution in [0.3, 0.4) is 0 Å². The molecule has 3 amide bonds. The average molecular weight is 476 g/mol. The van der Waals surface area contributed by atoms with Gasteiger partial charge in [0.05, 0.1) is 12.8 Å². The van der Waals surface area contributed by atoms with E-state index in [2.05, 4.69) is 12.0 Å². The maximum Gasteiger partial charge on any atom is 0.277 e. The number of carbonyl (C=O) groups excluding carboxylic acids is 3. The van der Waals surface area contributed by atoms with Crippen molar-refractivity contribution in [1.29, 1.82) is 0 Å². The lowest BCUT2D eigenvalue weighted by molar-refractivity contribution is -0.107. The second kappa shape index (κ2) is 10.4. The largest absolute Gasteiger partial charge is 0.497 e. The van der Waals surface area contributed by atoms with Gasteiger partial charge in [0.2, 0.25) is 6.41 Å². The van der Waals surface area contributed by atoms with Crippen molar-refractivity contribution in [1.82, 2.24) is 9.78 Å². The summed E-state index contributed by atoms with van der Waals surface area (Å²) in [6, 6.07) is 14.4. The summed E-state index contributed by atoms with van der Waals surface area (Å²) in [6.45, 7) is 3.15. The number of primary amides is 1. The van der Waals surface area contributed by atoms with Gasteiger partial charge in [0.25, 0.3) is 11.8 Å². The first-order valence-electron chi connectivity index (χ1n) is 11.7. The van der Waals surface area contributed by atoms with E-state index in [9.17, 15) is 14.4 Å². The highest BCUT2D eigenvalue weighted by Gasteiger charge is 2.34. The van der Waals surface area contributed by atoms with Gasteiger partial charge in [-0.15, -0.1) is 0 Å². The van der Waals surface area contributed by atoms with Crippen LogP contribution in [-0.2, 0) is 11.2 Å². The molecule has 2 N–H and O–H groups in total. The van der Waals surface area contributed by atoms with Gasteiger partial charge in [0, 0.05) is 30.0 Å². The Bertz CT molecular complexity index is 1220. The first-order chi connectivity index (χ1) is 17.0. The summed E-state index contributed by atoms with van der Waals surface area (Å²) in [5, 5.41) is 4.39. The number of hydrogen-bond donors (Lipinski definition) is 1. The highest BCUT2D eigenvalue weighted by Crippen LogP contribution is 2.30. The lowest BCUT2D eigenvalue weighted by atomic mass is 10.0. The number of fused-ring (bicyclic) bond motifs is 1. The molecule has 2 heterocycles. The van der Waals surface area contributed by atoms with Crippen molar-refractivity contribution in [3.05, 3.63) is 65.5 Å². The van der Waals surface area contributed by atoms with Crippen molar-refractivity contribution in [3.8, 4) is 11.4 Å². The van der Waals surface area contributed by atoms with E-state index >= 15 is 0 Å². The molecule has 0 fully saturated rings. The molecule has 0 radical (unpaired) electrons. The molecule has 0 aliphatic carbocycles. The van der Waals surface area contributed by atoms with Gasteiger partial charge in [-0.3, -0.25) is 14.4 Å². The number of anilines is 2. The van der Waals surface area contributed by atoms with Gasteiger partial charge in [0.1, 0.15) is 11.4 Å². The fourth-order valence-corrected chi connectivity index (χ4v) is 4.31. The first-order valence-corrected chi connectivity index (χ1v) is 11.7. The molecule has 9 heteroatoms. The average Bonchev–Trinajstić information content (AvgIpc) is 3.28. The van der Waals surface area contributed by atoms with Crippen LogP contribution in [-0.4, -0.2) is 48.2 Å². The monoisotopic (exact) mass is 475 g/mol. The van der Waals surface area contributed by atoms with Crippen molar-refractivity contribution < 1.29 is 19.1 Å². The molecule has 182 valence electrons. The number of nitrogens with two attached hydrogens (primary N) is 1. The third kappa shape index (κ3) is 4.75. The summed E-state index contributed by atoms with van der Waals surface area (Å²) in [5.74, 6) is -0.279. The van der Waals surface area contributed by atoms with E-state index in [-0.39, 0.29) is 11.6 Å². The third-order valence-electron chi connectivity index (χ3n) is 6.19. The molecule has 9 nitrogen and oxygen atoms in total. The van der Waals surface area contributed by atoms with Crippen LogP contribution in [0, 0.1) is 0 Å². The van der Waals surface area contributed by atoms with Gasteiger partial charge in [-0.1, -0.05) is 19.8 Å². The zero-order valence-corrected chi connectivity index (χ0v) is 19.9. The van der Waals surface area contributed by atoms with E-state index in [1.165, 1.54) is 4.68 Å². The van der Waals surface area contributed by atoms with E-state index in [1.54, 1.807) is 41.2 Å². The Hall–Kier alpha value is -4.14. The minimum atomic E-state index is -0.670. The molecule has 35 heavy (non-hydrogen) atoms. The summed E-state index contributed by atoms with van der Waals surface area (Å²) in [5.41, 5.74) is 8.64. The number of unbranched alkanes of at least 4 members (excludes halogenated alkanes) is 2. The Morgan fingerprint density at radius 3 is 2.40 bits per heavy atom. The van der Waals surface area contributed by atoms with E-state index in [4.69, 9.17) is 10.5 Å². The number of amides is 3. The molecule has 0 atom stereocenters. The molecule has 3 aromatic rings. The maximum atomic E-state index is 13.6. The van der Waals surface area contributed by atoms with Gasteiger partial charge in [0.15, 0.2) is 5.69 Å². The molecule has 2 aromatic carbocycles. The number of hydrogen-bond acceptors (Lipinski definition) is 5. The number of carbonyl (C=O) groups is 3. The molecule has 0 saturated carbocycles. The van der Waals surface area contributed by atoms with Crippen LogP contribution in [0.5, 0.6) is 5.75 Å². The third-order valence-corrected chi connectivity index (χ3v) is 6.19. The van der Waals surface area contributed by atoms with Crippen LogP contribution in [0.25, 0.3) is 5.69 Å². The highest BCUT2D eigenvalue weighted by molar-refractivity contribution is 6.09. The van der Waals surface area contributed by atoms with Gasteiger partial charge in [-0.05, 0) is 61.4 Å². The molecule has 1 aliphatic rings. The minimum Gasteiger partial charge on any atom is -0.497 e. The summed E-state index contributed by atoms with van der Waals surface area (Å²) < 4.78 is 6.69. The maximum absolute atomic E-state index is 13.6. The van der Waals surface area contributed by atoms with Gasteiger partial charge >= 0.3 is 0 Å². The fourth-order valence-electron chi connectivity index (χ4n) is 4.31. The smallest absolute Gasteiger partial charge is 0.277 e. The van der Waals surface area contributed by atoms with Crippen molar-refractivity contribution in [2.24, 2.45) is 5.73 Å². The molecule has 0 saturated heterocycles. The zero-order chi connectivity index (χ0) is 24.9. The zero-order valence-electron chi connectivity index (χ0n) is 19.9. The number of ether oxygens (including phenoxy) is 1.